The number of benzene rings is 1. The summed E-state index contributed by atoms with van der Waals surface area (Å²) in [4.78, 5) is 22.6. The second-order valence-corrected chi connectivity index (χ2v) is 10.1. The highest BCUT2D eigenvalue weighted by Gasteiger charge is 2.32. The Labute approximate surface area is 213 Å². The van der Waals surface area contributed by atoms with Crippen LogP contribution in [0.5, 0.6) is 0 Å². The van der Waals surface area contributed by atoms with Crippen molar-refractivity contribution in [2.45, 2.75) is 65.0 Å². The molecule has 0 bridgehead atoms. The SMILES string of the molecule is C=O.CNC(C)(C)C(=O)N(CC/C=C/n1nc(-c2ccc(F)cc2)cc(C(C)(C)C)c1=N)C(C)CO. The first-order chi connectivity index (χ1) is 16.8. The molecule has 0 spiro atoms. The van der Waals surface area contributed by atoms with E-state index in [1.807, 2.05) is 60.5 Å². The van der Waals surface area contributed by atoms with Crippen molar-refractivity contribution in [2.24, 2.45) is 0 Å². The van der Waals surface area contributed by atoms with Crippen molar-refractivity contribution in [2.75, 3.05) is 20.2 Å². The van der Waals surface area contributed by atoms with E-state index >= 15 is 0 Å². The van der Waals surface area contributed by atoms with Gasteiger partial charge in [0.2, 0.25) is 5.91 Å². The Balaban J connectivity index is 0.00000316. The minimum atomic E-state index is -0.747. The van der Waals surface area contributed by atoms with Crippen molar-refractivity contribution in [3.8, 4) is 11.3 Å². The summed E-state index contributed by atoms with van der Waals surface area (Å²) >= 11 is 0. The number of carbonyl (C=O) groups excluding carboxylic acids is 2. The lowest BCUT2D eigenvalue weighted by molar-refractivity contribution is -0.139. The maximum Gasteiger partial charge on any atom is 0.242 e. The smallest absolute Gasteiger partial charge is 0.242 e. The maximum atomic E-state index is 13.4. The summed E-state index contributed by atoms with van der Waals surface area (Å²) in [5.41, 5.74) is 1.45. The molecule has 0 radical (unpaired) electrons. The zero-order chi connectivity index (χ0) is 27.7. The van der Waals surface area contributed by atoms with Crippen molar-refractivity contribution in [3.05, 3.63) is 53.3 Å². The van der Waals surface area contributed by atoms with E-state index in [1.165, 1.54) is 16.8 Å². The van der Waals surface area contributed by atoms with Crippen LogP contribution in [-0.4, -0.2) is 64.3 Å². The van der Waals surface area contributed by atoms with Gasteiger partial charge in [-0.05, 0) is 70.0 Å². The fourth-order valence-corrected chi connectivity index (χ4v) is 3.44. The van der Waals surface area contributed by atoms with Crippen LogP contribution >= 0.6 is 0 Å². The summed E-state index contributed by atoms with van der Waals surface area (Å²) < 4.78 is 14.9. The van der Waals surface area contributed by atoms with Crippen molar-refractivity contribution in [1.82, 2.24) is 20.0 Å². The summed E-state index contributed by atoms with van der Waals surface area (Å²) in [6.45, 7) is 13.8. The molecule has 1 amide bonds. The van der Waals surface area contributed by atoms with Crippen LogP contribution in [0.3, 0.4) is 0 Å². The Bertz CT molecular complexity index is 1090. The number of aliphatic hydroxyl groups excluding tert-OH is 1. The van der Waals surface area contributed by atoms with E-state index < -0.39 is 5.54 Å². The Morgan fingerprint density at radius 3 is 2.33 bits per heavy atom. The molecule has 9 heteroatoms. The highest BCUT2D eigenvalue weighted by Crippen LogP contribution is 2.24. The van der Waals surface area contributed by atoms with Gasteiger partial charge in [-0.15, -0.1) is 0 Å². The van der Waals surface area contributed by atoms with E-state index in [2.05, 4.69) is 10.4 Å². The summed E-state index contributed by atoms with van der Waals surface area (Å²) in [5, 5.41) is 25.9. The molecule has 0 aliphatic carbocycles. The molecule has 36 heavy (non-hydrogen) atoms. The third-order valence-electron chi connectivity index (χ3n) is 5.93. The number of hydrogen-bond donors (Lipinski definition) is 3. The Morgan fingerprint density at radius 1 is 1.25 bits per heavy atom. The average Bonchev–Trinajstić information content (AvgIpc) is 2.85. The van der Waals surface area contributed by atoms with Crippen LogP contribution in [0.15, 0.2) is 36.4 Å². The number of aliphatic hydroxyl groups is 1. The van der Waals surface area contributed by atoms with Crippen molar-refractivity contribution in [1.29, 1.82) is 5.41 Å². The third-order valence-corrected chi connectivity index (χ3v) is 5.93. The molecule has 1 heterocycles. The molecule has 0 saturated carbocycles. The van der Waals surface area contributed by atoms with Gasteiger partial charge in [-0.2, -0.15) is 5.10 Å². The molecule has 0 aliphatic rings. The fraction of sp³-hybridized carbons (Fsp3) is 0.481. The molecule has 0 saturated heterocycles. The molecule has 1 atom stereocenters. The number of carbonyl (C=O) groups is 2. The summed E-state index contributed by atoms with van der Waals surface area (Å²) in [7, 11) is 1.73. The molecule has 0 fully saturated rings. The van der Waals surface area contributed by atoms with Gasteiger partial charge < -0.3 is 20.1 Å². The molecule has 2 rings (SSSR count). The number of nitrogens with zero attached hydrogens (tertiary/aromatic N) is 3. The first-order valence-corrected chi connectivity index (χ1v) is 11.8. The number of amides is 1. The normalized spacial score (nSPS) is 12.7. The van der Waals surface area contributed by atoms with E-state index in [-0.39, 0.29) is 35.3 Å². The largest absolute Gasteiger partial charge is 0.394 e. The molecule has 1 aromatic heterocycles. The molecule has 3 N–H and O–H groups in total. The van der Waals surface area contributed by atoms with Gasteiger partial charge in [-0.1, -0.05) is 26.8 Å². The lowest BCUT2D eigenvalue weighted by atomic mass is 9.87. The second kappa shape index (κ2) is 13.2. The molecule has 8 nitrogen and oxygen atoms in total. The van der Waals surface area contributed by atoms with Crippen LogP contribution < -0.4 is 10.8 Å². The first kappa shape index (κ1) is 30.9. The van der Waals surface area contributed by atoms with E-state index in [0.29, 0.717) is 18.7 Å². The minimum absolute atomic E-state index is 0.0924. The number of likely N-dealkylation sites (N-methyl/N-ethyl adjacent to an activating group) is 1. The number of rotatable bonds is 9. The van der Waals surface area contributed by atoms with Crippen LogP contribution in [0.25, 0.3) is 17.5 Å². The third kappa shape index (κ3) is 7.93. The number of hydrogen-bond acceptors (Lipinski definition) is 6. The van der Waals surface area contributed by atoms with E-state index in [9.17, 15) is 14.3 Å². The molecule has 198 valence electrons. The van der Waals surface area contributed by atoms with Gasteiger partial charge in [0.25, 0.3) is 0 Å². The highest BCUT2D eigenvalue weighted by atomic mass is 19.1. The topological polar surface area (TPSA) is 111 Å². The molecule has 2 aromatic rings. The summed E-state index contributed by atoms with van der Waals surface area (Å²) in [6.07, 6.45) is 4.11. The molecule has 1 aromatic carbocycles. The number of halogens is 1. The van der Waals surface area contributed by atoms with Crippen molar-refractivity contribution in [3.63, 3.8) is 0 Å². The van der Waals surface area contributed by atoms with Gasteiger partial charge in [0.05, 0.1) is 23.9 Å². The zero-order valence-electron chi connectivity index (χ0n) is 22.4. The van der Waals surface area contributed by atoms with Gasteiger partial charge in [0, 0.05) is 23.9 Å². The lowest BCUT2D eigenvalue weighted by Gasteiger charge is -2.35. The van der Waals surface area contributed by atoms with Crippen LogP contribution in [-0.2, 0) is 15.0 Å². The van der Waals surface area contributed by atoms with E-state index in [1.54, 1.807) is 30.3 Å². The van der Waals surface area contributed by atoms with Gasteiger partial charge in [-0.25, -0.2) is 9.07 Å². The summed E-state index contributed by atoms with van der Waals surface area (Å²) in [6, 6.07) is 7.69. The quantitative estimate of drug-likeness (QED) is 0.488. The van der Waals surface area contributed by atoms with E-state index in [4.69, 9.17) is 10.2 Å². The van der Waals surface area contributed by atoms with Crippen molar-refractivity contribution < 1.29 is 19.1 Å². The fourth-order valence-electron chi connectivity index (χ4n) is 3.44. The zero-order valence-corrected chi connectivity index (χ0v) is 22.4. The Morgan fingerprint density at radius 2 is 1.83 bits per heavy atom. The monoisotopic (exact) mass is 501 g/mol. The van der Waals surface area contributed by atoms with Crippen LogP contribution in [0.4, 0.5) is 4.39 Å². The van der Waals surface area contributed by atoms with E-state index in [0.717, 1.165) is 11.1 Å². The van der Waals surface area contributed by atoms with Gasteiger partial charge in [0.1, 0.15) is 18.1 Å². The minimum Gasteiger partial charge on any atom is -0.394 e. The highest BCUT2D eigenvalue weighted by molar-refractivity contribution is 5.85. The number of nitrogens with one attached hydrogen (secondary N) is 2. The Hall–Kier alpha value is -3.17. The lowest BCUT2D eigenvalue weighted by Crippen LogP contribution is -2.56. The summed E-state index contributed by atoms with van der Waals surface area (Å²) in [5.74, 6) is -0.410. The van der Waals surface area contributed by atoms with Crippen LogP contribution in [0.2, 0.25) is 0 Å². The maximum absolute atomic E-state index is 13.4. The average molecular weight is 502 g/mol. The molecular weight excluding hydrogens is 461 g/mol. The Kier molecular flexibility index (Phi) is 11.3. The first-order valence-electron chi connectivity index (χ1n) is 11.8. The predicted molar refractivity (Wildman–Crippen MR) is 141 cm³/mol. The van der Waals surface area contributed by atoms with Crippen LogP contribution in [0, 0.1) is 11.2 Å². The molecule has 0 aliphatic heterocycles. The number of aromatic nitrogens is 2. The van der Waals surface area contributed by atoms with Gasteiger partial charge in [-0.3, -0.25) is 10.2 Å². The van der Waals surface area contributed by atoms with Crippen molar-refractivity contribution >= 4 is 18.9 Å². The standard InChI is InChI=1S/C26H38FN5O2.CH2O/c1-18(17-33)31(24(34)26(5,6)29-7)14-8-9-15-32-23(28)21(25(2,3)4)16-22(30-32)19-10-12-20(27)13-11-19;1-2/h9-13,15-16,18,28-29,33H,8,14,17H2,1-7H3;1H2/b15-9+,28-23?;. The van der Waals surface area contributed by atoms with Gasteiger partial charge in [0.15, 0.2) is 0 Å². The van der Waals surface area contributed by atoms with Crippen LogP contribution in [0.1, 0.15) is 53.5 Å². The second-order valence-electron chi connectivity index (χ2n) is 10.1. The molecule has 1 unspecified atom stereocenters. The molecular formula is C27H40FN5O3. The van der Waals surface area contributed by atoms with Gasteiger partial charge >= 0.3 is 0 Å². The predicted octanol–water partition coefficient (Wildman–Crippen LogP) is 3.35.